The summed E-state index contributed by atoms with van der Waals surface area (Å²) >= 11 is 0. The predicted molar refractivity (Wildman–Crippen MR) is 49.3 cm³/mol. The monoisotopic (exact) mass is 186 g/mol. The first-order chi connectivity index (χ1) is 6.17. The van der Waals surface area contributed by atoms with Gasteiger partial charge in [-0.1, -0.05) is 13.3 Å². The Balaban J connectivity index is 2.63. The minimum Gasteiger partial charge on any atom is -0.396 e. The molecule has 1 saturated carbocycles. The second-order valence-electron chi connectivity index (χ2n) is 3.81. The second kappa shape index (κ2) is 4.20. The van der Waals surface area contributed by atoms with Crippen molar-refractivity contribution in [3.63, 3.8) is 0 Å². The van der Waals surface area contributed by atoms with E-state index in [1.807, 2.05) is 6.92 Å². The van der Waals surface area contributed by atoms with Gasteiger partial charge >= 0.3 is 0 Å². The van der Waals surface area contributed by atoms with Crippen molar-refractivity contribution in [3.8, 4) is 0 Å². The first-order valence-corrected chi connectivity index (χ1v) is 4.99. The highest BCUT2D eigenvalue weighted by Crippen LogP contribution is 2.46. The summed E-state index contributed by atoms with van der Waals surface area (Å²) in [6.07, 6.45) is 2.78. The maximum Gasteiger partial charge on any atom is 0.141 e. The molecule has 0 aliphatic heterocycles. The summed E-state index contributed by atoms with van der Waals surface area (Å²) in [5.41, 5.74) is -0.502. The Hall–Kier alpha value is -0.410. The maximum atomic E-state index is 11.6. The molecule has 1 fully saturated rings. The van der Waals surface area contributed by atoms with Crippen molar-refractivity contribution in [3.05, 3.63) is 0 Å². The van der Waals surface area contributed by atoms with E-state index in [2.05, 4.69) is 0 Å². The predicted octanol–water partition coefficient (Wildman–Crippen LogP) is 0.879. The number of Topliss-reactive ketones (excluding diaryl/α,β-unsaturated/α-hetero) is 1. The third-order valence-corrected chi connectivity index (χ3v) is 3.16. The van der Waals surface area contributed by atoms with E-state index in [-0.39, 0.29) is 12.4 Å². The molecule has 1 atom stereocenters. The molecule has 1 unspecified atom stereocenters. The van der Waals surface area contributed by atoms with Gasteiger partial charge < -0.3 is 10.2 Å². The Morgan fingerprint density at radius 3 is 2.46 bits per heavy atom. The van der Waals surface area contributed by atoms with Gasteiger partial charge in [0.1, 0.15) is 5.78 Å². The fourth-order valence-corrected chi connectivity index (χ4v) is 2.11. The lowest BCUT2D eigenvalue weighted by Crippen LogP contribution is -2.48. The van der Waals surface area contributed by atoms with E-state index in [0.717, 1.165) is 19.3 Å². The Kier molecular flexibility index (Phi) is 3.45. The molecule has 0 aromatic heterocycles. The van der Waals surface area contributed by atoms with Crippen molar-refractivity contribution < 1.29 is 15.0 Å². The summed E-state index contributed by atoms with van der Waals surface area (Å²) < 4.78 is 0. The van der Waals surface area contributed by atoms with Crippen molar-refractivity contribution in [1.82, 2.24) is 0 Å². The number of hydrogen-bond donors (Lipinski definition) is 2. The molecule has 1 aliphatic rings. The molecule has 1 rings (SSSR count). The molecule has 0 radical (unpaired) electrons. The third kappa shape index (κ3) is 1.76. The SMILES string of the molecule is CCC(=O)C1(C(O)CCO)CCC1. The smallest absolute Gasteiger partial charge is 0.141 e. The fraction of sp³-hybridized carbons (Fsp3) is 0.900. The molecule has 0 aromatic rings. The zero-order valence-corrected chi connectivity index (χ0v) is 8.12. The summed E-state index contributed by atoms with van der Waals surface area (Å²) in [5.74, 6) is 0.153. The summed E-state index contributed by atoms with van der Waals surface area (Å²) in [6, 6.07) is 0. The van der Waals surface area contributed by atoms with Crippen LogP contribution in [0.4, 0.5) is 0 Å². The molecule has 3 nitrogen and oxygen atoms in total. The van der Waals surface area contributed by atoms with Crippen molar-refractivity contribution in [2.45, 2.75) is 45.1 Å². The van der Waals surface area contributed by atoms with Crippen LogP contribution < -0.4 is 0 Å². The van der Waals surface area contributed by atoms with Crippen LogP contribution in [0.15, 0.2) is 0 Å². The molecule has 0 saturated heterocycles. The van der Waals surface area contributed by atoms with Crippen LogP contribution in [0.3, 0.4) is 0 Å². The van der Waals surface area contributed by atoms with Crippen molar-refractivity contribution >= 4 is 5.78 Å². The number of aliphatic hydroxyl groups excluding tert-OH is 2. The summed E-state index contributed by atoms with van der Waals surface area (Å²) in [4.78, 5) is 11.6. The van der Waals surface area contributed by atoms with Crippen LogP contribution in [0.25, 0.3) is 0 Å². The van der Waals surface area contributed by atoms with E-state index >= 15 is 0 Å². The van der Waals surface area contributed by atoms with Gasteiger partial charge in [0.15, 0.2) is 0 Å². The standard InChI is InChI=1S/C10H18O3/c1-2-8(12)10(5-3-6-10)9(13)4-7-11/h9,11,13H,2-7H2,1H3. The van der Waals surface area contributed by atoms with Crippen LogP contribution >= 0.6 is 0 Å². The van der Waals surface area contributed by atoms with E-state index in [1.165, 1.54) is 0 Å². The highest BCUT2D eigenvalue weighted by molar-refractivity contribution is 5.86. The van der Waals surface area contributed by atoms with Crippen LogP contribution in [-0.2, 0) is 4.79 Å². The number of carbonyl (C=O) groups excluding carboxylic acids is 1. The quantitative estimate of drug-likeness (QED) is 0.670. The fourth-order valence-electron chi connectivity index (χ4n) is 2.11. The lowest BCUT2D eigenvalue weighted by Gasteiger charge is -2.43. The Morgan fingerprint density at radius 1 is 1.54 bits per heavy atom. The minimum absolute atomic E-state index is 0.0418. The van der Waals surface area contributed by atoms with Crippen molar-refractivity contribution in [2.75, 3.05) is 6.61 Å². The molecule has 0 aromatic carbocycles. The van der Waals surface area contributed by atoms with Gasteiger partial charge in [0, 0.05) is 13.0 Å². The summed E-state index contributed by atoms with van der Waals surface area (Å²) in [5, 5.41) is 18.4. The van der Waals surface area contributed by atoms with Gasteiger partial charge in [-0.2, -0.15) is 0 Å². The lowest BCUT2D eigenvalue weighted by molar-refractivity contribution is -0.144. The topological polar surface area (TPSA) is 57.5 Å². The molecule has 3 heteroatoms. The number of rotatable bonds is 5. The van der Waals surface area contributed by atoms with Gasteiger partial charge in [0.05, 0.1) is 11.5 Å². The van der Waals surface area contributed by atoms with Crippen molar-refractivity contribution in [2.24, 2.45) is 5.41 Å². The van der Waals surface area contributed by atoms with Crippen LogP contribution in [0.2, 0.25) is 0 Å². The highest BCUT2D eigenvalue weighted by atomic mass is 16.3. The summed E-state index contributed by atoms with van der Waals surface area (Å²) in [7, 11) is 0. The van der Waals surface area contributed by atoms with Gasteiger partial charge in [-0.3, -0.25) is 4.79 Å². The van der Waals surface area contributed by atoms with Gasteiger partial charge in [0.2, 0.25) is 0 Å². The molecule has 2 N–H and O–H groups in total. The molecule has 0 bridgehead atoms. The first-order valence-electron chi connectivity index (χ1n) is 4.99. The van der Waals surface area contributed by atoms with E-state index in [4.69, 9.17) is 5.11 Å². The molecule has 0 spiro atoms. The second-order valence-corrected chi connectivity index (χ2v) is 3.81. The van der Waals surface area contributed by atoms with E-state index in [9.17, 15) is 9.90 Å². The van der Waals surface area contributed by atoms with Crippen molar-refractivity contribution in [1.29, 1.82) is 0 Å². The summed E-state index contributed by atoms with van der Waals surface area (Å²) in [6.45, 7) is 1.79. The number of hydrogen-bond acceptors (Lipinski definition) is 3. The van der Waals surface area contributed by atoms with E-state index < -0.39 is 11.5 Å². The average Bonchev–Trinajstić information content (AvgIpc) is 2.02. The third-order valence-electron chi connectivity index (χ3n) is 3.16. The highest BCUT2D eigenvalue weighted by Gasteiger charge is 2.47. The minimum atomic E-state index is -0.640. The first kappa shape index (κ1) is 10.7. The van der Waals surface area contributed by atoms with Gasteiger partial charge in [0.25, 0.3) is 0 Å². The zero-order valence-electron chi connectivity index (χ0n) is 8.12. The zero-order chi connectivity index (χ0) is 9.90. The largest absolute Gasteiger partial charge is 0.396 e. The molecular weight excluding hydrogens is 168 g/mol. The molecule has 13 heavy (non-hydrogen) atoms. The van der Waals surface area contributed by atoms with Crippen LogP contribution in [0, 0.1) is 5.41 Å². The van der Waals surface area contributed by atoms with Gasteiger partial charge in [-0.25, -0.2) is 0 Å². The van der Waals surface area contributed by atoms with Crippen LogP contribution in [0.1, 0.15) is 39.0 Å². The average molecular weight is 186 g/mol. The molecule has 1 aliphatic carbocycles. The van der Waals surface area contributed by atoms with Gasteiger partial charge in [-0.15, -0.1) is 0 Å². The van der Waals surface area contributed by atoms with E-state index in [1.54, 1.807) is 0 Å². The Bertz CT molecular complexity index is 185. The molecule has 0 heterocycles. The Labute approximate surface area is 78.8 Å². The molecular formula is C10H18O3. The number of aliphatic hydroxyl groups is 2. The maximum absolute atomic E-state index is 11.6. The normalized spacial score (nSPS) is 22.1. The Morgan fingerprint density at radius 2 is 2.15 bits per heavy atom. The molecule has 76 valence electrons. The lowest BCUT2D eigenvalue weighted by atomic mass is 9.61. The van der Waals surface area contributed by atoms with E-state index in [0.29, 0.717) is 12.8 Å². The number of carbonyl (C=O) groups is 1. The van der Waals surface area contributed by atoms with Gasteiger partial charge in [-0.05, 0) is 19.3 Å². The number of ketones is 1. The van der Waals surface area contributed by atoms with Crippen LogP contribution in [-0.4, -0.2) is 28.7 Å². The van der Waals surface area contributed by atoms with Crippen LogP contribution in [0.5, 0.6) is 0 Å². The molecule has 0 amide bonds.